The molecule has 0 amide bonds. The number of ketones is 1. The van der Waals surface area contributed by atoms with Gasteiger partial charge in [0.15, 0.2) is 11.4 Å². The second-order valence-electron chi connectivity index (χ2n) is 10.7. The number of rotatable bonds is 3. The Kier molecular flexibility index (Phi) is 5.02. The first-order valence-electron chi connectivity index (χ1n) is 11.3. The molecule has 8 atom stereocenters. The molecule has 0 bridgehead atoms. The number of Topliss-reactive ketones (excluding diaryl/α,β-unsaturated/α-hetero) is 1. The van der Waals surface area contributed by atoms with Crippen LogP contribution in [0.4, 0.5) is 0 Å². The average molecular weight is 405 g/mol. The van der Waals surface area contributed by atoms with Crippen LogP contribution in [0, 0.1) is 34.5 Å². The van der Waals surface area contributed by atoms with E-state index in [1.165, 1.54) is 12.5 Å². The molecule has 0 aliphatic heterocycles. The highest BCUT2D eigenvalue weighted by Gasteiger charge is 2.69. The van der Waals surface area contributed by atoms with Gasteiger partial charge in [0.25, 0.3) is 0 Å². The van der Waals surface area contributed by atoms with Crippen LogP contribution in [-0.2, 0) is 19.2 Å². The van der Waals surface area contributed by atoms with E-state index >= 15 is 0 Å². The van der Waals surface area contributed by atoms with Crippen molar-refractivity contribution in [3.8, 4) is 0 Å². The molecule has 0 radical (unpaired) electrons. The maximum atomic E-state index is 12.7. The smallest absolute Gasteiger partial charge is 0.302 e. The van der Waals surface area contributed by atoms with Crippen LogP contribution in [0.5, 0.6) is 0 Å². The van der Waals surface area contributed by atoms with Gasteiger partial charge in [-0.2, -0.15) is 0 Å². The number of hydrogen-bond acceptors (Lipinski definition) is 5. The molecule has 0 heterocycles. The summed E-state index contributed by atoms with van der Waals surface area (Å²) in [5.41, 5.74) is 0.193. The van der Waals surface area contributed by atoms with Crippen molar-refractivity contribution in [1.29, 1.82) is 0 Å². The first-order valence-corrected chi connectivity index (χ1v) is 11.3. The van der Waals surface area contributed by atoms with Gasteiger partial charge in [-0.1, -0.05) is 32.4 Å². The highest BCUT2D eigenvalue weighted by Crippen LogP contribution is 2.69. The molecular weight excluding hydrogens is 368 g/mol. The Morgan fingerprint density at radius 3 is 2.48 bits per heavy atom. The molecule has 0 aromatic heterocycles. The number of fused-ring (bicyclic) bond motifs is 5. The predicted octanol–water partition coefficient (Wildman–Crippen LogP) is 4.94. The zero-order valence-electron chi connectivity index (χ0n) is 18.5. The summed E-state index contributed by atoms with van der Waals surface area (Å²) >= 11 is 0. The lowest BCUT2D eigenvalue weighted by Gasteiger charge is -2.58. The topological polar surface area (TPSA) is 72.8 Å². The van der Waals surface area contributed by atoms with E-state index in [0.717, 1.165) is 44.9 Å². The number of carbonyl (C=O) groups excluding carboxylic acids is 2. The summed E-state index contributed by atoms with van der Waals surface area (Å²) in [5.74, 6) is 1.23. The van der Waals surface area contributed by atoms with Gasteiger partial charge in [-0.15, -0.1) is 0 Å². The first kappa shape index (κ1) is 21.0. The van der Waals surface area contributed by atoms with Crippen LogP contribution in [0.25, 0.3) is 0 Å². The molecule has 29 heavy (non-hydrogen) atoms. The van der Waals surface area contributed by atoms with Crippen LogP contribution in [0.3, 0.4) is 0 Å². The van der Waals surface area contributed by atoms with Gasteiger partial charge in [0.1, 0.15) is 6.10 Å². The Morgan fingerprint density at radius 2 is 1.86 bits per heavy atom. The number of esters is 1. The summed E-state index contributed by atoms with van der Waals surface area (Å²) in [6.07, 6.45) is 9.13. The fourth-order valence-electron chi connectivity index (χ4n) is 8.30. The van der Waals surface area contributed by atoms with E-state index in [1.807, 2.05) is 0 Å². The molecule has 0 unspecified atom stereocenters. The second-order valence-corrected chi connectivity index (χ2v) is 10.7. The van der Waals surface area contributed by atoms with Crippen molar-refractivity contribution in [2.75, 3.05) is 0 Å². The van der Waals surface area contributed by atoms with E-state index in [1.54, 1.807) is 6.92 Å². The number of hydrogen-bond donors (Lipinski definition) is 1. The number of ether oxygens (including phenoxy) is 1. The summed E-state index contributed by atoms with van der Waals surface area (Å²) in [5, 5.41) is 9.92. The van der Waals surface area contributed by atoms with Gasteiger partial charge >= 0.3 is 5.97 Å². The van der Waals surface area contributed by atoms with Crippen LogP contribution < -0.4 is 0 Å². The summed E-state index contributed by atoms with van der Waals surface area (Å²) < 4.78 is 5.53. The Bertz CT molecular complexity index is 744. The van der Waals surface area contributed by atoms with Crippen LogP contribution in [-0.4, -0.2) is 28.7 Å². The molecule has 4 aliphatic rings. The maximum absolute atomic E-state index is 12.7. The van der Waals surface area contributed by atoms with Gasteiger partial charge in [-0.25, -0.2) is 4.89 Å². The van der Waals surface area contributed by atoms with Crippen molar-refractivity contribution >= 4 is 11.8 Å². The third-order valence-corrected chi connectivity index (χ3v) is 9.60. The van der Waals surface area contributed by atoms with E-state index < -0.39 is 5.60 Å². The molecule has 162 valence electrons. The summed E-state index contributed by atoms with van der Waals surface area (Å²) in [6, 6.07) is 0. The molecule has 5 nitrogen and oxygen atoms in total. The zero-order chi connectivity index (χ0) is 21.2. The third kappa shape index (κ3) is 2.72. The van der Waals surface area contributed by atoms with Crippen molar-refractivity contribution in [1.82, 2.24) is 0 Å². The largest absolute Gasteiger partial charge is 0.462 e. The highest BCUT2D eigenvalue weighted by molar-refractivity contribution is 5.87. The summed E-state index contributed by atoms with van der Waals surface area (Å²) in [6.45, 7) is 9.71. The maximum Gasteiger partial charge on any atom is 0.302 e. The van der Waals surface area contributed by atoms with Gasteiger partial charge < -0.3 is 4.74 Å². The van der Waals surface area contributed by atoms with Gasteiger partial charge in [0.2, 0.25) is 0 Å². The van der Waals surface area contributed by atoms with Crippen LogP contribution >= 0.6 is 0 Å². The Labute approximate surface area is 174 Å². The molecular formula is C24H36O5. The molecule has 4 aliphatic carbocycles. The zero-order valence-corrected chi connectivity index (χ0v) is 18.5. The van der Waals surface area contributed by atoms with Crippen molar-refractivity contribution in [2.45, 2.75) is 91.3 Å². The van der Waals surface area contributed by atoms with Gasteiger partial charge in [-0.3, -0.25) is 14.8 Å². The Balaban J connectivity index is 1.65. The average Bonchev–Trinajstić information content (AvgIpc) is 2.88. The molecule has 0 aromatic carbocycles. The molecule has 4 rings (SSSR count). The lowest BCUT2D eigenvalue weighted by atomic mass is 9.46. The highest BCUT2D eigenvalue weighted by atomic mass is 17.1. The Hall–Kier alpha value is -1.20. The normalized spacial score (nSPS) is 48.8. The van der Waals surface area contributed by atoms with E-state index in [9.17, 15) is 14.8 Å². The minimum atomic E-state index is -1.08. The van der Waals surface area contributed by atoms with Gasteiger partial charge in [-0.05, 0) is 74.5 Å². The van der Waals surface area contributed by atoms with E-state index in [4.69, 9.17) is 9.62 Å². The summed E-state index contributed by atoms with van der Waals surface area (Å²) in [4.78, 5) is 29.2. The third-order valence-electron chi connectivity index (χ3n) is 9.60. The van der Waals surface area contributed by atoms with Crippen LogP contribution in [0.2, 0.25) is 0 Å². The standard InChI is InChI=1S/C24H36O5/c1-14-12-21-19-7-6-17-13-18(28-16(3)26)8-10-22(17,4)20(19)9-11-23(21,5)24(14,29-27)15(2)25/h6,14,18-21,27H,7-13H2,1-5H3/t14-,18+,19-,20+,21+,22+,23+,24+/m1/s1. The molecule has 1 N–H and O–H groups in total. The van der Waals surface area contributed by atoms with E-state index in [0.29, 0.717) is 17.8 Å². The van der Waals surface area contributed by atoms with Crippen molar-refractivity contribution in [2.24, 2.45) is 34.5 Å². The molecule has 3 fully saturated rings. The fourth-order valence-corrected chi connectivity index (χ4v) is 8.30. The first-order chi connectivity index (χ1) is 13.6. The molecule has 3 saturated carbocycles. The van der Waals surface area contributed by atoms with Crippen LogP contribution in [0.15, 0.2) is 11.6 Å². The number of allylic oxidation sites excluding steroid dienone is 1. The van der Waals surface area contributed by atoms with Gasteiger partial charge in [0.05, 0.1) is 0 Å². The van der Waals surface area contributed by atoms with E-state index in [2.05, 4.69) is 26.8 Å². The predicted molar refractivity (Wildman–Crippen MR) is 109 cm³/mol. The van der Waals surface area contributed by atoms with Crippen molar-refractivity contribution < 1.29 is 24.5 Å². The quantitative estimate of drug-likeness (QED) is 0.312. The SMILES string of the molecule is CC(=O)O[C@H]1CC[C@@]2(C)C(=CC[C@@H]3[C@@H]2CC[C@@]2(C)[C@H]3C[C@@H](C)[C@]2(OO)C(C)=O)C1. The summed E-state index contributed by atoms with van der Waals surface area (Å²) in [7, 11) is 0. The number of carbonyl (C=O) groups is 2. The monoisotopic (exact) mass is 404 g/mol. The lowest BCUT2D eigenvalue weighted by molar-refractivity contribution is -0.347. The van der Waals surface area contributed by atoms with Gasteiger partial charge in [0, 0.05) is 18.8 Å². The van der Waals surface area contributed by atoms with Crippen molar-refractivity contribution in [3.63, 3.8) is 0 Å². The second kappa shape index (κ2) is 6.91. The van der Waals surface area contributed by atoms with E-state index in [-0.39, 0.29) is 34.6 Å². The molecule has 5 heteroatoms. The molecule has 0 aromatic rings. The lowest BCUT2D eigenvalue weighted by Crippen LogP contribution is -2.59. The minimum Gasteiger partial charge on any atom is -0.462 e. The van der Waals surface area contributed by atoms with Crippen LogP contribution in [0.1, 0.15) is 79.6 Å². The minimum absolute atomic E-state index is 0.0108. The molecule has 0 saturated heterocycles. The fraction of sp³-hybridized carbons (Fsp3) is 0.833. The Morgan fingerprint density at radius 1 is 1.14 bits per heavy atom. The van der Waals surface area contributed by atoms with Crippen molar-refractivity contribution in [3.05, 3.63) is 11.6 Å². The molecule has 0 spiro atoms.